The number of amides is 2. The van der Waals surface area contributed by atoms with E-state index in [2.05, 4.69) is 15.5 Å². The molecule has 0 spiro atoms. The van der Waals surface area contributed by atoms with Crippen LogP contribution >= 0.6 is 0 Å². The maximum atomic E-state index is 12.3. The molecule has 0 aromatic carbocycles. The monoisotopic (exact) mass is 294 g/mol. The van der Waals surface area contributed by atoms with E-state index in [1.165, 1.54) is 12.1 Å². The van der Waals surface area contributed by atoms with Crippen molar-refractivity contribution in [2.45, 2.75) is 25.8 Å². The van der Waals surface area contributed by atoms with Crippen molar-refractivity contribution < 1.29 is 14.3 Å². The van der Waals surface area contributed by atoms with Crippen molar-refractivity contribution >= 4 is 12.0 Å². The number of hydrogen-bond donors (Lipinski definition) is 2. The van der Waals surface area contributed by atoms with Gasteiger partial charge < -0.3 is 15.0 Å². The molecule has 2 heterocycles. The molecule has 1 saturated heterocycles. The molecular formula is C13H18N4O4. The second-order valence-electron chi connectivity index (χ2n) is 4.76. The molecule has 0 unspecified atom stereocenters. The first-order chi connectivity index (χ1) is 10.1. The summed E-state index contributed by atoms with van der Waals surface area (Å²) >= 11 is 0. The number of likely N-dealkylation sites (tertiary alicyclic amines) is 1. The molecule has 2 N–H and O–H groups in total. The summed E-state index contributed by atoms with van der Waals surface area (Å²) in [4.78, 5) is 36.2. The van der Waals surface area contributed by atoms with E-state index in [1.54, 1.807) is 11.8 Å². The first-order valence-electron chi connectivity index (χ1n) is 6.88. The van der Waals surface area contributed by atoms with Gasteiger partial charge in [-0.1, -0.05) is 0 Å². The molecule has 2 amide bonds. The predicted octanol–water partition coefficient (Wildman–Crippen LogP) is 0.121. The van der Waals surface area contributed by atoms with E-state index in [-0.39, 0.29) is 23.2 Å². The van der Waals surface area contributed by atoms with Crippen molar-refractivity contribution in [3.63, 3.8) is 0 Å². The van der Waals surface area contributed by atoms with Crippen LogP contribution in [0.1, 0.15) is 30.3 Å². The van der Waals surface area contributed by atoms with Crippen molar-refractivity contribution in [2.24, 2.45) is 0 Å². The Hall–Kier alpha value is -2.38. The van der Waals surface area contributed by atoms with Gasteiger partial charge in [-0.25, -0.2) is 9.89 Å². The van der Waals surface area contributed by atoms with Gasteiger partial charge in [-0.05, 0) is 25.8 Å². The quantitative estimate of drug-likeness (QED) is 0.824. The molecule has 21 heavy (non-hydrogen) atoms. The third-order valence-corrected chi connectivity index (χ3v) is 3.20. The minimum Gasteiger partial charge on any atom is -0.450 e. The number of aromatic nitrogens is 2. The summed E-state index contributed by atoms with van der Waals surface area (Å²) in [6.45, 7) is 3.04. The zero-order valence-corrected chi connectivity index (χ0v) is 11.8. The number of nitrogens with one attached hydrogen (secondary N) is 2. The van der Waals surface area contributed by atoms with Crippen LogP contribution < -0.4 is 10.9 Å². The summed E-state index contributed by atoms with van der Waals surface area (Å²) in [6, 6.07) is 2.52. The summed E-state index contributed by atoms with van der Waals surface area (Å²) in [7, 11) is 0. The molecule has 114 valence electrons. The van der Waals surface area contributed by atoms with Crippen molar-refractivity contribution in [2.75, 3.05) is 19.7 Å². The highest BCUT2D eigenvalue weighted by molar-refractivity contribution is 5.92. The zero-order valence-electron chi connectivity index (χ0n) is 11.8. The molecule has 0 aliphatic carbocycles. The molecule has 8 heteroatoms. The van der Waals surface area contributed by atoms with Crippen molar-refractivity contribution in [1.82, 2.24) is 20.4 Å². The van der Waals surface area contributed by atoms with E-state index in [4.69, 9.17) is 4.74 Å². The fraction of sp³-hybridized carbons (Fsp3) is 0.538. The van der Waals surface area contributed by atoms with Gasteiger partial charge in [0.25, 0.3) is 11.5 Å². The highest BCUT2D eigenvalue weighted by Gasteiger charge is 2.26. The first kappa shape index (κ1) is 15.0. The topological polar surface area (TPSA) is 104 Å². The standard InChI is InChI=1S/C13H18N4O4/c1-2-21-13(20)14-9-4-3-7-17(8-9)12(19)10-5-6-11(18)16-15-10/h5-6,9H,2-4,7-8H2,1H3,(H,14,20)(H,16,18)/t9-/m0/s1. The molecule has 1 aliphatic rings. The Kier molecular flexibility index (Phi) is 4.91. The molecular weight excluding hydrogens is 276 g/mol. The van der Waals surface area contributed by atoms with Gasteiger partial charge in [0.15, 0.2) is 0 Å². The summed E-state index contributed by atoms with van der Waals surface area (Å²) in [5.41, 5.74) is -0.168. The van der Waals surface area contributed by atoms with Crippen LogP contribution in [0.2, 0.25) is 0 Å². The van der Waals surface area contributed by atoms with Crippen LogP contribution in [0.15, 0.2) is 16.9 Å². The Morgan fingerprint density at radius 3 is 3.00 bits per heavy atom. The number of H-pyrrole nitrogens is 1. The number of alkyl carbamates (subject to hydrolysis) is 1. The summed E-state index contributed by atoms with van der Waals surface area (Å²) in [6.07, 6.45) is 1.10. The molecule has 0 bridgehead atoms. The lowest BCUT2D eigenvalue weighted by atomic mass is 10.1. The Bertz CT molecular complexity index is 551. The highest BCUT2D eigenvalue weighted by Crippen LogP contribution is 2.12. The summed E-state index contributed by atoms with van der Waals surface area (Å²) in [5, 5.41) is 8.70. The Labute approximate surface area is 121 Å². The number of piperidine rings is 1. The number of carbonyl (C=O) groups excluding carboxylic acids is 2. The molecule has 0 saturated carbocycles. The molecule has 1 aromatic rings. The lowest BCUT2D eigenvalue weighted by molar-refractivity contribution is 0.0679. The molecule has 1 atom stereocenters. The van der Waals surface area contributed by atoms with Gasteiger partial charge in [0, 0.05) is 25.2 Å². The number of aromatic amines is 1. The van der Waals surface area contributed by atoms with Crippen molar-refractivity contribution in [3.8, 4) is 0 Å². The molecule has 2 rings (SSSR count). The van der Waals surface area contributed by atoms with E-state index < -0.39 is 6.09 Å². The molecule has 1 aromatic heterocycles. The van der Waals surface area contributed by atoms with Gasteiger partial charge in [-0.15, -0.1) is 0 Å². The van der Waals surface area contributed by atoms with Crippen LogP contribution in [0.5, 0.6) is 0 Å². The Balaban J connectivity index is 1.97. The van der Waals surface area contributed by atoms with Crippen LogP contribution in [0.25, 0.3) is 0 Å². The first-order valence-corrected chi connectivity index (χ1v) is 6.88. The lowest BCUT2D eigenvalue weighted by Gasteiger charge is -2.32. The number of nitrogens with zero attached hydrogens (tertiary/aromatic N) is 2. The van der Waals surface area contributed by atoms with E-state index >= 15 is 0 Å². The van der Waals surface area contributed by atoms with Crippen LogP contribution in [-0.4, -0.2) is 52.8 Å². The van der Waals surface area contributed by atoms with Crippen LogP contribution in [0, 0.1) is 0 Å². The second-order valence-corrected chi connectivity index (χ2v) is 4.76. The van der Waals surface area contributed by atoms with Crippen molar-refractivity contribution in [3.05, 3.63) is 28.2 Å². The highest BCUT2D eigenvalue weighted by atomic mass is 16.5. The lowest BCUT2D eigenvalue weighted by Crippen LogP contribution is -2.50. The van der Waals surface area contributed by atoms with E-state index in [9.17, 15) is 14.4 Å². The maximum absolute atomic E-state index is 12.3. The second kappa shape index (κ2) is 6.87. The Morgan fingerprint density at radius 1 is 1.52 bits per heavy atom. The van der Waals surface area contributed by atoms with Gasteiger partial charge in [0.1, 0.15) is 5.69 Å². The van der Waals surface area contributed by atoms with Gasteiger partial charge in [0.2, 0.25) is 0 Å². The number of rotatable bonds is 3. The van der Waals surface area contributed by atoms with Crippen molar-refractivity contribution in [1.29, 1.82) is 0 Å². The SMILES string of the molecule is CCOC(=O)N[C@H]1CCCN(C(=O)c2ccc(=O)[nH]n2)C1. The molecule has 1 aliphatic heterocycles. The van der Waals surface area contributed by atoms with Crippen LogP contribution in [0.3, 0.4) is 0 Å². The minimum atomic E-state index is -0.473. The fourth-order valence-electron chi connectivity index (χ4n) is 2.24. The maximum Gasteiger partial charge on any atom is 0.407 e. The number of ether oxygens (including phenoxy) is 1. The Morgan fingerprint density at radius 2 is 2.33 bits per heavy atom. The summed E-state index contributed by atoms with van der Waals surface area (Å²) < 4.78 is 4.83. The molecule has 1 fully saturated rings. The van der Waals surface area contributed by atoms with E-state index in [0.717, 1.165) is 12.8 Å². The normalized spacial score (nSPS) is 18.1. The average Bonchev–Trinajstić information content (AvgIpc) is 2.48. The smallest absolute Gasteiger partial charge is 0.407 e. The zero-order chi connectivity index (χ0) is 15.2. The van der Waals surface area contributed by atoms with E-state index in [1.807, 2.05) is 0 Å². The van der Waals surface area contributed by atoms with Gasteiger partial charge in [0.05, 0.1) is 6.61 Å². The van der Waals surface area contributed by atoms with Gasteiger partial charge >= 0.3 is 6.09 Å². The number of hydrogen-bond acceptors (Lipinski definition) is 5. The molecule has 8 nitrogen and oxygen atoms in total. The third kappa shape index (κ3) is 4.04. The number of carbonyl (C=O) groups is 2. The fourth-order valence-corrected chi connectivity index (χ4v) is 2.24. The van der Waals surface area contributed by atoms with Crippen LogP contribution in [-0.2, 0) is 4.74 Å². The van der Waals surface area contributed by atoms with Gasteiger partial charge in [-0.3, -0.25) is 9.59 Å². The largest absolute Gasteiger partial charge is 0.450 e. The average molecular weight is 294 g/mol. The summed E-state index contributed by atoms with van der Waals surface area (Å²) in [5.74, 6) is -0.262. The minimum absolute atomic E-state index is 0.135. The van der Waals surface area contributed by atoms with Crippen LogP contribution in [0.4, 0.5) is 4.79 Å². The predicted molar refractivity (Wildman–Crippen MR) is 73.9 cm³/mol. The van der Waals surface area contributed by atoms with Gasteiger partial charge in [-0.2, -0.15) is 5.10 Å². The molecule has 0 radical (unpaired) electrons. The third-order valence-electron chi connectivity index (χ3n) is 3.20. The van der Waals surface area contributed by atoms with E-state index in [0.29, 0.717) is 19.7 Å².